The van der Waals surface area contributed by atoms with Gasteiger partial charge in [-0.3, -0.25) is 0 Å². The molecule has 142 valence electrons. The molecule has 0 saturated carbocycles. The van der Waals surface area contributed by atoms with Crippen molar-refractivity contribution < 1.29 is 26.3 Å². The van der Waals surface area contributed by atoms with Crippen molar-refractivity contribution in [3.63, 3.8) is 0 Å². The lowest BCUT2D eigenvalue weighted by atomic mass is 10.1. The number of hydrogen-bond donors (Lipinski definition) is 2. The van der Waals surface area contributed by atoms with E-state index in [1.54, 1.807) is 0 Å². The molecule has 2 rings (SSSR count). The Kier molecular flexibility index (Phi) is 6.02. The van der Waals surface area contributed by atoms with Crippen LogP contribution in [0.2, 0.25) is 20.1 Å². The Morgan fingerprint density at radius 3 is 1.85 bits per heavy atom. The molecule has 0 saturated heterocycles. The van der Waals surface area contributed by atoms with Crippen LogP contribution >= 0.6 is 46.4 Å². The Morgan fingerprint density at radius 1 is 0.692 bits per heavy atom. The van der Waals surface area contributed by atoms with E-state index in [1.807, 2.05) is 0 Å². The highest BCUT2D eigenvalue weighted by atomic mass is 35.5. The van der Waals surface area contributed by atoms with E-state index in [9.17, 15) is 26.3 Å². The van der Waals surface area contributed by atoms with Crippen molar-refractivity contribution in [1.82, 2.24) is 0 Å². The number of alkyl halides is 6. The van der Waals surface area contributed by atoms with Crippen molar-refractivity contribution >= 4 is 57.8 Å². The fraction of sp³-hybridized carbons (Fsp3) is 0.143. The Bertz CT molecular complexity index is 836. The van der Waals surface area contributed by atoms with Crippen LogP contribution in [0, 0.1) is 0 Å². The fourth-order valence-electron chi connectivity index (χ4n) is 1.94. The predicted octanol–water partition coefficient (Wildman–Crippen LogP) is 7.78. The summed E-state index contributed by atoms with van der Waals surface area (Å²) >= 11 is 22.3. The van der Waals surface area contributed by atoms with Crippen molar-refractivity contribution in [3.05, 3.63) is 55.5 Å². The molecule has 2 nitrogen and oxygen atoms in total. The highest BCUT2D eigenvalue weighted by Gasteiger charge is 2.37. The van der Waals surface area contributed by atoms with Gasteiger partial charge >= 0.3 is 12.4 Å². The summed E-state index contributed by atoms with van der Waals surface area (Å²) in [5, 5.41) is -2.25. The van der Waals surface area contributed by atoms with Crippen LogP contribution in [0.15, 0.2) is 24.3 Å². The predicted molar refractivity (Wildman–Crippen MR) is 90.2 cm³/mol. The average Bonchev–Trinajstić information content (AvgIpc) is 2.49. The summed E-state index contributed by atoms with van der Waals surface area (Å²) in [6.45, 7) is 0. The third-order valence-electron chi connectivity index (χ3n) is 3.05. The fourth-order valence-corrected chi connectivity index (χ4v) is 2.80. The first kappa shape index (κ1) is 21.1. The minimum Gasteiger partial charge on any atom is -0.301 e. The van der Waals surface area contributed by atoms with Crippen LogP contribution < -0.4 is 10.9 Å². The van der Waals surface area contributed by atoms with Crippen LogP contribution in [-0.2, 0) is 12.4 Å². The summed E-state index contributed by atoms with van der Waals surface area (Å²) < 4.78 is 78.2. The second kappa shape index (κ2) is 7.42. The van der Waals surface area contributed by atoms with Gasteiger partial charge in [-0.05, 0) is 24.3 Å². The number of anilines is 2. The molecule has 0 spiro atoms. The van der Waals surface area contributed by atoms with Gasteiger partial charge in [0.05, 0.1) is 37.0 Å². The molecule has 26 heavy (non-hydrogen) atoms. The van der Waals surface area contributed by atoms with Gasteiger partial charge in [-0.25, -0.2) is 0 Å². The van der Waals surface area contributed by atoms with Crippen LogP contribution in [0.4, 0.5) is 37.7 Å². The molecule has 0 aliphatic rings. The lowest BCUT2D eigenvalue weighted by molar-refractivity contribution is -0.138. The van der Waals surface area contributed by atoms with Crippen molar-refractivity contribution in [2.75, 3.05) is 10.9 Å². The van der Waals surface area contributed by atoms with E-state index in [0.29, 0.717) is 6.07 Å². The Labute approximate surface area is 162 Å². The second-order valence-electron chi connectivity index (χ2n) is 4.85. The van der Waals surface area contributed by atoms with Crippen LogP contribution in [0.25, 0.3) is 0 Å². The van der Waals surface area contributed by atoms with Gasteiger partial charge in [0.1, 0.15) is 5.56 Å². The second-order valence-corrected chi connectivity index (χ2v) is 6.42. The molecule has 0 fully saturated rings. The van der Waals surface area contributed by atoms with Crippen LogP contribution in [-0.4, -0.2) is 0 Å². The number of nitrogens with one attached hydrogen (secondary N) is 2. The van der Waals surface area contributed by atoms with E-state index in [4.69, 9.17) is 46.4 Å². The smallest absolute Gasteiger partial charge is 0.301 e. The summed E-state index contributed by atoms with van der Waals surface area (Å²) in [6, 6.07) is 3.66. The minimum atomic E-state index is -4.86. The van der Waals surface area contributed by atoms with Gasteiger partial charge in [-0.2, -0.15) is 26.3 Å². The van der Waals surface area contributed by atoms with Gasteiger partial charge in [0.2, 0.25) is 0 Å². The lowest BCUT2D eigenvalue weighted by Gasteiger charge is -2.19. The summed E-state index contributed by atoms with van der Waals surface area (Å²) in [4.78, 5) is 0. The van der Waals surface area contributed by atoms with Gasteiger partial charge in [-0.15, -0.1) is 0 Å². The van der Waals surface area contributed by atoms with Gasteiger partial charge in [-0.1, -0.05) is 46.4 Å². The summed E-state index contributed by atoms with van der Waals surface area (Å²) in [7, 11) is 0. The third-order valence-corrected chi connectivity index (χ3v) is 4.66. The summed E-state index contributed by atoms with van der Waals surface area (Å²) in [5.74, 6) is 0. The van der Waals surface area contributed by atoms with E-state index in [1.165, 1.54) is 0 Å². The Hall–Kier alpha value is -1.22. The Balaban J connectivity index is 2.39. The molecule has 0 aromatic heterocycles. The van der Waals surface area contributed by atoms with E-state index in [-0.39, 0.29) is 10.7 Å². The molecule has 0 aliphatic heterocycles. The molecule has 0 bridgehead atoms. The zero-order chi connectivity index (χ0) is 19.9. The zero-order valence-electron chi connectivity index (χ0n) is 12.1. The van der Waals surface area contributed by atoms with Crippen molar-refractivity contribution in [2.45, 2.75) is 12.4 Å². The number of rotatable bonds is 3. The number of hydrazine groups is 1. The minimum absolute atomic E-state index is 0.272. The largest absolute Gasteiger partial charge is 0.419 e. The Morgan fingerprint density at radius 2 is 1.31 bits per heavy atom. The molecule has 0 radical (unpaired) electrons. The molecule has 0 atom stereocenters. The molecule has 12 heteroatoms. The topological polar surface area (TPSA) is 24.1 Å². The first-order chi connectivity index (χ1) is 11.8. The maximum atomic E-state index is 13.2. The molecular formula is C14H6Cl4F6N2. The highest BCUT2D eigenvalue weighted by molar-refractivity contribution is 6.43. The van der Waals surface area contributed by atoms with Gasteiger partial charge in [0.25, 0.3) is 0 Å². The van der Waals surface area contributed by atoms with Gasteiger partial charge in [0, 0.05) is 0 Å². The first-order valence-electron chi connectivity index (χ1n) is 6.46. The maximum absolute atomic E-state index is 13.2. The average molecular weight is 458 g/mol. The molecule has 2 aromatic rings. The molecule has 0 amide bonds. The maximum Gasteiger partial charge on any atom is 0.419 e. The number of hydrogen-bond acceptors (Lipinski definition) is 2. The van der Waals surface area contributed by atoms with Gasteiger partial charge in [0.15, 0.2) is 0 Å². The number of benzene rings is 2. The zero-order valence-corrected chi connectivity index (χ0v) is 15.1. The lowest BCUT2D eigenvalue weighted by Crippen LogP contribution is -2.16. The molecule has 2 aromatic carbocycles. The molecule has 0 heterocycles. The third kappa shape index (κ3) is 4.54. The van der Waals surface area contributed by atoms with Crippen molar-refractivity contribution in [1.29, 1.82) is 0 Å². The molecule has 0 unspecified atom stereocenters. The van der Waals surface area contributed by atoms with E-state index in [2.05, 4.69) is 10.9 Å². The molecular weight excluding hydrogens is 452 g/mol. The van der Waals surface area contributed by atoms with Crippen LogP contribution in [0.3, 0.4) is 0 Å². The SMILES string of the molecule is FC(F)(F)c1cc(NNc2ccc(Cl)c(Cl)c2C(F)(F)F)cc(Cl)c1Cl. The van der Waals surface area contributed by atoms with Crippen LogP contribution in [0.5, 0.6) is 0 Å². The van der Waals surface area contributed by atoms with E-state index >= 15 is 0 Å². The summed E-state index contributed by atoms with van der Waals surface area (Å²) in [5.41, 5.74) is 1.00. The number of halogens is 10. The molecule has 2 N–H and O–H groups in total. The standard InChI is InChI=1S/C14H6Cl4F6N2/c15-7-1-2-9(10(12(7)18)14(22,23)24)26-25-5-3-6(13(19,20)21)11(17)8(16)4-5/h1-4,25-26H. The van der Waals surface area contributed by atoms with Crippen molar-refractivity contribution in [3.8, 4) is 0 Å². The van der Waals surface area contributed by atoms with Gasteiger partial charge < -0.3 is 10.9 Å². The molecule has 0 aliphatic carbocycles. The monoisotopic (exact) mass is 456 g/mol. The van der Waals surface area contributed by atoms with Crippen LogP contribution in [0.1, 0.15) is 11.1 Å². The highest BCUT2D eigenvalue weighted by Crippen LogP contribution is 2.43. The van der Waals surface area contributed by atoms with E-state index < -0.39 is 44.2 Å². The first-order valence-corrected chi connectivity index (χ1v) is 7.97. The van der Waals surface area contributed by atoms with Crippen molar-refractivity contribution in [2.24, 2.45) is 0 Å². The quantitative estimate of drug-likeness (QED) is 0.363. The van der Waals surface area contributed by atoms with E-state index in [0.717, 1.165) is 18.2 Å². The normalized spacial score (nSPS) is 12.2. The summed E-state index contributed by atoms with van der Waals surface area (Å²) in [6.07, 6.45) is -9.67.